The fourth-order valence-corrected chi connectivity index (χ4v) is 2.52. The van der Waals surface area contributed by atoms with Crippen molar-refractivity contribution >= 4 is 5.97 Å². The van der Waals surface area contributed by atoms with Crippen LogP contribution in [0.1, 0.15) is 29.5 Å². The van der Waals surface area contributed by atoms with Gasteiger partial charge in [0.1, 0.15) is 6.04 Å². The molecule has 1 unspecified atom stereocenters. The Morgan fingerprint density at radius 1 is 1.41 bits per heavy atom. The first-order valence-corrected chi connectivity index (χ1v) is 6.15. The standard InChI is InChI=1S/C14H19NO2/c1-17-14(16)13(15)9-11-7-4-6-10-5-2-3-8-12(10)11/h4,6-7,13H,2-3,5,8-9,15H2,1H3. The smallest absolute Gasteiger partial charge is 0.322 e. The van der Waals surface area contributed by atoms with Gasteiger partial charge < -0.3 is 10.5 Å². The number of aryl methyl sites for hydroxylation is 1. The van der Waals surface area contributed by atoms with E-state index in [4.69, 9.17) is 5.73 Å². The summed E-state index contributed by atoms with van der Waals surface area (Å²) in [7, 11) is 1.38. The lowest BCUT2D eigenvalue weighted by Crippen LogP contribution is -2.34. The predicted octanol–water partition coefficient (Wildman–Crippen LogP) is 1.61. The highest BCUT2D eigenvalue weighted by atomic mass is 16.5. The molecule has 0 bridgehead atoms. The fraction of sp³-hybridized carbons (Fsp3) is 0.500. The second kappa shape index (κ2) is 5.32. The van der Waals surface area contributed by atoms with Crippen LogP contribution in [0.15, 0.2) is 18.2 Å². The monoisotopic (exact) mass is 233 g/mol. The number of carbonyl (C=O) groups excluding carboxylic acids is 1. The lowest BCUT2D eigenvalue weighted by atomic mass is 9.86. The van der Waals surface area contributed by atoms with Gasteiger partial charge in [-0.25, -0.2) is 0 Å². The van der Waals surface area contributed by atoms with Crippen LogP contribution < -0.4 is 5.73 Å². The second-order valence-electron chi connectivity index (χ2n) is 4.60. The Morgan fingerprint density at radius 3 is 2.94 bits per heavy atom. The molecule has 1 aromatic rings. The molecule has 17 heavy (non-hydrogen) atoms. The molecule has 1 aliphatic carbocycles. The maximum atomic E-state index is 11.3. The van der Waals surface area contributed by atoms with Crippen LogP contribution in [0.5, 0.6) is 0 Å². The van der Waals surface area contributed by atoms with Gasteiger partial charge >= 0.3 is 5.97 Å². The van der Waals surface area contributed by atoms with E-state index in [0.29, 0.717) is 6.42 Å². The molecular weight excluding hydrogens is 214 g/mol. The number of fused-ring (bicyclic) bond motifs is 1. The van der Waals surface area contributed by atoms with Crippen molar-refractivity contribution in [2.45, 2.75) is 38.1 Å². The van der Waals surface area contributed by atoms with Crippen LogP contribution >= 0.6 is 0 Å². The maximum absolute atomic E-state index is 11.3. The Hall–Kier alpha value is -1.35. The molecule has 3 heteroatoms. The van der Waals surface area contributed by atoms with Crippen molar-refractivity contribution in [2.24, 2.45) is 5.73 Å². The summed E-state index contributed by atoms with van der Waals surface area (Å²) in [5.41, 5.74) is 9.85. The third-order valence-electron chi connectivity index (χ3n) is 3.44. The molecule has 1 aliphatic rings. The number of ether oxygens (including phenoxy) is 1. The summed E-state index contributed by atoms with van der Waals surface area (Å²) in [6.07, 6.45) is 5.34. The fourth-order valence-electron chi connectivity index (χ4n) is 2.52. The normalized spacial score (nSPS) is 16.1. The van der Waals surface area contributed by atoms with Crippen LogP contribution in [0.2, 0.25) is 0 Å². The number of nitrogens with two attached hydrogens (primary N) is 1. The van der Waals surface area contributed by atoms with Crippen LogP contribution in [0.3, 0.4) is 0 Å². The minimum Gasteiger partial charge on any atom is -0.468 e. The summed E-state index contributed by atoms with van der Waals surface area (Å²) < 4.78 is 4.66. The van der Waals surface area contributed by atoms with Crippen LogP contribution in [0.25, 0.3) is 0 Å². The molecule has 0 amide bonds. The highest BCUT2D eigenvalue weighted by Crippen LogP contribution is 2.25. The zero-order chi connectivity index (χ0) is 12.3. The number of carbonyl (C=O) groups is 1. The first kappa shape index (κ1) is 12.1. The Labute approximate surface area is 102 Å². The van der Waals surface area contributed by atoms with Crippen molar-refractivity contribution in [3.63, 3.8) is 0 Å². The molecule has 1 atom stereocenters. The lowest BCUT2D eigenvalue weighted by molar-refractivity contribution is -0.142. The van der Waals surface area contributed by atoms with Gasteiger partial charge in [0, 0.05) is 0 Å². The summed E-state index contributed by atoms with van der Waals surface area (Å²) in [4.78, 5) is 11.3. The molecule has 0 saturated heterocycles. The van der Waals surface area contributed by atoms with E-state index in [1.165, 1.54) is 36.6 Å². The molecule has 0 aromatic heterocycles. The van der Waals surface area contributed by atoms with Crippen LogP contribution in [-0.2, 0) is 28.8 Å². The molecule has 2 rings (SSSR count). The van der Waals surface area contributed by atoms with E-state index in [1.54, 1.807) is 0 Å². The van der Waals surface area contributed by atoms with E-state index >= 15 is 0 Å². The molecule has 0 aliphatic heterocycles. The van der Waals surface area contributed by atoms with Crippen molar-refractivity contribution in [3.05, 3.63) is 34.9 Å². The molecule has 0 heterocycles. The van der Waals surface area contributed by atoms with E-state index in [9.17, 15) is 4.79 Å². The molecular formula is C14H19NO2. The van der Waals surface area contributed by atoms with Crippen molar-refractivity contribution in [2.75, 3.05) is 7.11 Å². The minimum atomic E-state index is -0.548. The molecule has 0 fully saturated rings. The van der Waals surface area contributed by atoms with E-state index in [-0.39, 0.29) is 5.97 Å². The zero-order valence-electron chi connectivity index (χ0n) is 10.2. The van der Waals surface area contributed by atoms with Crippen molar-refractivity contribution in [1.29, 1.82) is 0 Å². The topological polar surface area (TPSA) is 52.3 Å². The van der Waals surface area contributed by atoms with Crippen LogP contribution in [-0.4, -0.2) is 19.1 Å². The van der Waals surface area contributed by atoms with Gasteiger partial charge in [-0.3, -0.25) is 4.79 Å². The van der Waals surface area contributed by atoms with Crippen molar-refractivity contribution < 1.29 is 9.53 Å². The van der Waals surface area contributed by atoms with Crippen molar-refractivity contribution in [3.8, 4) is 0 Å². The Morgan fingerprint density at radius 2 is 2.18 bits per heavy atom. The average molecular weight is 233 g/mol. The summed E-state index contributed by atoms with van der Waals surface area (Å²) in [5, 5.41) is 0. The van der Waals surface area contributed by atoms with E-state index in [0.717, 1.165) is 12.8 Å². The van der Waals surface area contributed by atoms with Crippen molar-refractivity contribution in [1.82, 2.24) is 0 Å². The van der Waals surface area contributed by atoms with Gasteiger partial charge in [0.05, 0.1) is 7.11 Å². The van der Waals surface area contributed by atoms with E-state index < -0.39 is 6.04 Å². The van der Waals surface area contributed by atoms with E-state index in [2.05, 4.69) is 22.9 Å². The first-order valence-electron chi connectivity index (χ1n) is 6.15. The number of hydrogen-bond donors (Lipinski definition) is 1. The molecule has 1 aromatic carbocycles. The number of rotatable bonds is 3. The predicted molar refractivity (Wildman–Crippen MR) is 66.8 cm³/mol. The zero-order valence-corrected chi connectivity index (χ0v) is 10.2. The summed E-state index contributed by atoms with van der Waals surface area (Å²) in [5.74, 6) is -0.335. The lowest BCUT2D eigenvalue weighted by Gasteiger charge is -2.20. The van der Waals surface area contributed by atoms with Crippen LogP contribution in [0, 0.1) is 0 Å². The first-order chi connectivity index (χ1) is 8.22. The second-order valence-corrected chi connectivity index (χ2v) is 4.60. The number of benzene rings is 1. The van der Waals surface area contributed by atoms with Gasteiger partial charge in [0.15, 0.2) is 0 Å². The Bertz CT molecular complexity index is 415. The van der Waals surface area contributed by atoms with Gasteiger partial charge in [-0.05, 0) is 48.8 Å². The van der Waals surface area contributed by atoms with Gasteiger partial charge in [-0.15, -0.1) is 0 Å². The quantitative estimate of drug-likeness (QED) is 0.807. The van der Waals surface area contributed by atoms with Crippen LogP contribution in [0.4, 0.5) is 0 Å². The maximum Gasteiger partial charge on any atom is 0.322 e. The molecule has 0 radical (unpaired) electrons. The van der Waals surface area contributed by atoms with Gasteiger partial charge in [-0.1, -0.05) is 18.2 Å². The highest BCUT2D eigenvalue weighted by Gasteiger charge is 2.18. The molecule has 2 N–H and O–H groups in total. The van der Waals surface area contributed by atoms with Gasteiger partial charge in [-0.2, -0.15) is 0 Å². The Kier molecular flexibility index (Phi) is 3.79. The molecule has 0 saturated carbocycles. The number of esters is 1. The highest BCUT2D eigenvalue weighted by molar-refractivity contribution is 5.75. The summed E-state index contributed by atoms with van der Waals surface area (Å²) >= 11 is 0. The third-order valence-corrected chi connectivity index (χ3v) is 3.44. The molecule has 92 valence electrons. The SMILES string of the molecule is COC(=O)C(N)Cc1cccc2c1CCCC2. The minimum absolute atomic E-state index is 0.335. The third kappa shape index (κ3) is 2.67. The number of hydrogen-bond acceptors (Lipinski definition) is 3. The number of methoxy groups -OCH3 is 1. The average Bonchev–Trinajstić information content (AvgIpc) is 2.38. The summed E-state index contributed by atoms with van der Waals surface area (Å²) in [6, 6.07) is 5.77. The van der Waals surface area contributed by atoms with E-state index in [1.807, 2.05) is 0 Å². The molecule has 0 spiro atoms. The van der Waals surface area contributed by atoms with Gasteiger partial charge in [0.2, 0.25) is 0 Å². The Balaban J connectivity index is 2.18. The molecule has 3 nitrogen and oxygen atoms in total. The summed E-state index contributed by atoms with van der Waals surface area (Å²) in [6.45, 7) is 0. The largest absolute Gasteiger partial charge is 0.468 e. The van der Waals surface area contributed by atoms with Gasteiger partial charge in [0.25, 0.3) is 0 Å².